The number of carbonyl (C=O) groups is 3. The molecule has 2 fully saturated rings. The summed E-state index contributed by atoms with van der Waals surface area (Å²) in [6.07, 6.45) is 0.166. The lowest BCUT2D eigenvalue weighted by Crippen LogP contribution is -2.78. The minimum absolute atomic E-state index is 0.0828. The Hall–Kier alpha value is -3.91. The molecule has 4 heterocycles. The number of phenols is 1. The van der Waals surface area contributed by atoms with Gasteiger partial charge in [0.25, 0.3) is 5.91 Å². The number of hydrogen-bond donors (Lipinski definition) is 7. The van der Waals surface area contributed by atoms with E-state index in [4.69, 9.17) is 11.5 Å². The zero-order chi connectivity index (χ0) is 31.2. The lowest BCUT2D eigenvalue weighted by atomic mass is 9.78. The largest absolute Gasteiger partial charge is 0.507 e. The van der Waals surface area contributed by atoms with Crippen molar-refractivity contribution in [2.24, 2.45) is 21.5 Å². The highest BCUT2D eigenvalue weighted by atomic mass is 16.5. The highest BCUT2D eigenvalue weighted by Crippen LogP contribution is 2.45. The summed E-state index contributed by atoms with van der Waals surface area (Å²) >= 11 is 0. The number of benzene rings is 1. The summed E-state index contributed by atoms with van der Waals surface area (Å²) in [6.45, 7) is 11.2. The van der Waals surface area contributed by atoms with Crippen molar-refractivity contribution < 1.29 is 29.7 Å². The number of nitrogens with one attached hydrogen (secondary N) is 2. The quantitative estimate of drug-likeness (QED) is 0.167. The predicted molar refractivity (Wildman–Crippen MR) is 153 cm³/mol. The van der Waals surface area contributed by atoms with E-state index in [2.05, 4.69) is 20.6 Å². The Morgan fingerprint density at radius 3 is 2.12 bits per heavy atom. The molecule has 14 nitrogen and oxygen atoms in total. The topological polar surface area (TPSA) is 219 Å². The first-order valence-electron chi connectivity index (χ1n) is 14.0. The van der Waals surface area contributed by atoms with Crippen molar-refractivity contribution in [2.45, 2.75) is 94.8 Å². The van der Waals surface area contributed by atoms with E-state index in [0.717, 1.165) is 4.90 Å². The van der Waals surface area contributed by atoms with Gasteiger partial charge in [0.1, 0.15) is 17.8 Å². The third kappa shape index (κ3) is 4.35. The van der Waals surface area contributed by atoms with Crippen LogP contribution in [0.4, 0.5) is 0 Å². The molecule has 2 saturated heterocycles. The van der Waals surface area contributed by atoms with E-state index in [0.29, 0.717) is 11.1 Å². The molecule has 0 saturated carbocycles. The molecule has 3 amide bonds. The first-order chi connectivity index (χ1) is 19.3. The van der Waals surface area contributed by atoms with Gasteiger partial charge in [0.2, 0.25) is 17.6 Å². The maximum absolute atomic E-state index is 13.7. The molecule has 42 heavy (non-hydrogen) atoms. The van der Waals surface area contributed by atoms with E-state index in [1.165, 1.54) is 4.90 Å². The van der Waals surface area contributed by atoms with Crippen LogP contribution in [-0.2, 0) is 20.4 Å². The molecule has 1 aromatic rings. The lowest BCUT2D eigenvalue weighted by Gasteiger charge is -2.49. The van der Waals surface area contributed by atoms with Crippen LogP contribution in [0.5, 0.6) is 5.75 Å². The number of nitrogens with two attached hydrogens (primary N) is 2. The monoisotopic (exact) mass is 584 g/mol. The van der Waals surface area contributed by atoms with Gasteiger partial charge in [-0.3, -0.25) is 19.3 Å². The van der Waals surface area contributed by atoms with Crippen LogP contribution in [0.2, 0.25) is 0 Å². The van der Waals surface area contributed by atoms with Crippen LogP contribution in [0.3, 0.4) is 0 Å². The normalized spacial score (nSPS) is 28.7. The van der Waals surface area contributed by atoms with Crippen molar-refractivity contribution in [3.63, 3.8) is 0 Å². The van der Waals surface area contributed by atoms with Crippen LogP contribution in [-0.4, -0.2) is 97.4 Å². The Morgan fingerprint density at radius 2 is 1.60 bits per heavy atom. The number of hydrogen-bond acceptors (Lipinski definition) is 12. The number of guanidine groups is 2. The summed E-state index contributed by atoms with van der Waals surface area (Å²) < 4.78 is 0. The molecule has 14 heteroatoms. The summed E-state index contributed by atoms with van der Waals surface area (Å²) in [5, 5.41) is 40.2. The van der Waals surface area contributed by atoms with Gasteiger partial charge in [-0.15, -0.1) is 0 Å². The average Bonchev–Trinajstić information content (AvgIpc) is 3.45. The standard InChI is InChI=1S/C28H40N8O6/c1-25(2,3)14-9-13(10-15(20(14)39)26(4,5)6)22(40)32-17-12-36-24(30)31-16(11-35-18(37)7-8-19(35)38)21-27(36,28(17,41)42)34-23(29)33-21/h9-10,16-17,21,39,41-42H,7-8,11-12H2,1-6H3,(H2,30,31)(H,32,40)(H3,29,33,34)/t16?,17?,21-,27-/m0/s1. The van der Waals surface area contributed by atoms with Crippen molar-refractivity contribution in [1.82, 2.24) is 20.4 Å². The number of imide groups is 1. The van der Waals surface area contributed by atoms with Crippen LogP contribution in [0, 0.1) is 0 Å². The average molecular weight is 585 g/mol. The van der Waals surface area contributed by atoms with Crippen molar-refractivity contribution >= 4 is 29.6 Å². The number of amides is 3. The van der Waals surface area contributed by atoms with Crippen molar-refractivity contribution in [2.75, 3.05) is 13.1 Å². The number of aromatic hydroxyl groups is 1. The predicted octanol–water partition coefficient (Wildman–Crippen LogP) is -1.09. The second-order valence-electron chi connectivity index (χ2n) is 13.6. The van der Waals surface area contributed by atoms with E-state index in [1.807, 2.05) is 41.5 Å². The van der Waals surface area contributed by atoms with Crippen LogP contribution in [0.25, 0.3) is 0 Å². The summed E-state index contributed by atoms with van der Waals surface area (Å²) in [6, 6.07) is -0.0744. The molecular formula is C28H40N8O6. The summed E-state index contributed by atoms with van der Waals surface area (Å²) in [5.74, 6) is -4.09. The Bertz CT molecular complexity index is 1370. The molecule has 1 aromatic carbocycles. The smallest absolute Gasteiger partial charge is 0.251 e. The maximum Gasteiger partial charge on any atom is 0.251 e. The molecule has 2 unspecified atom stereocenters. The number of rotatable bonds is 4. The van der Waals surface area contributed by atoms with Gasteiger partial charge >= 0.3 is 0 Å². The summed E-state index contributed by atoms with van der Waals surface area (Å²) in [7, 11) is 0. The highest BCUT2D eigenvalue weighted by Gasteiger charge is 2.73. The zero-order valence-electron chi connectivity index (χ0n) is 24.7. The lowest BCUT2D eigenvalue weighted by molar-refractivity contribution is -0.230. The number of nitrogens with zero attached hydrogens (tertiary/aromatic N) is 4. The zero-order valence-corrected chi connectivity index (χ0v) is 24.7. The second kappa shape index (κ2) is 9.30. The minimum Gasteiger partial charge on any atom is -0.507 e. The van der Waals surface area contributed by atoms with Crippen LogP contribution in [0.15, 0.2) is 22.1 Å². The molecule has 0 bridgehead atoms. The van der Waals surface area contributed by atoms with E-state index in [9.17, 15) is 29.7 Å². The van der Waals surface area contributed by atoms with Crippen molar-refractivity contribution in [3.8, 4) is 5.75 Å². The summed E-state index contributed by atoms with van der Waals surface area (Å²) in [5.41, 5.74) is 10.9. The van der Waals surface area contributed by atoms with Crippen molar-refractivity contribution in [3.05, 3.63) is 28.8 Å². The number of likely N-dealkylation sites (tertiary alicyclic amines) is 1. The molecule has 228 valence electrons. The van der Waals surface area contributed by atoms with Crippen LogP contribution < -0.4 is 22.1 Å². The molecule has 0 aliphatic carbocycles. The van der Waals surface area contributed by atoms with Crippen molar-refractivity contribution in [1.29, 1.82) is 0 Å². The Kier molecular flexibility index (Phi) is 6.55. The molecule has 9 N–H and O–H groups in total. The fraction of sp³-hybridized carbons (Fsp3) is 0.607. The fourth-order valence-electron chi connectivity index (χ4n) is 6.40. The van der Waals surface area contributed by atoms with Gasteiger partial charge < -0.3 is 42.3 Å². The molecule has 0 aromatic heterocycles. The fourth-order valence-corrected chi connectivity index (χ4v) is 6.40. The maximum atomic E-state index is 13.7. The number of carbonyl (C=O) groups excluding carboxylic acids is 3. The molecular weight excluding hydrogens is 544 g/mol. The minimum atomic E-state index is -2.69. The molecule has 4 aliphatic rings. The van der Waals surface area contributed by atoms with E-state index < -0.39 is 46.3 Å². The third-order valence-electron chi connectivity index (χ3n) is 8.62. The van der Waals surface area contributed by atoms with Gasteiger partial charge in [0.05, 0.1) is 12.6 Å². The van der Waals surface area contributed by atoms with Gasteiger partial charge in [-0.1, -0.05) is 41.5 Å². The van der Waals surface area contributed by atoms with Gasteiger partial charge in [-0.25, -0.2) is 9.98 Å². The van der Waals surface area contributed by atoms with Gasteiger partial charge in [-0.05, 0) is 23.0 Å². The first-order valence-corrected chi connectivity index (χ1v) is 14.0. The first kappa shape index (κ1) is 29.6. The van der Waals surface area contributed by atoms with E-state index in [-0.39, 0.29) is 61.0 Å². The molecule has 1 spiro atoms. The summed E-state index contributed by atoms with van der Waals surface area (Å²) in [4.78, 5) is 49.7. The van der Waals surface area contributed by atoms with Crippen LogP contribution in [0.1, 0.15) is 75.9 Å². The van der Waals surface area contributed by atoms with E-state index >= 15 is 0 Å². The Morgan fingerprint density at radius 1 is 1.05 bits per heavy atom. The SMILES string of the molecule is CC(C)(C)c1cc(C(=O)NC2CN3C(N)=NC(CN4C(=O)CCC4=O)[C@@H]4N=C(N)N[C@@]43C2(O)O)cc(C(C)(C)C)c1O. The molecule has 4 atom stereocenters. The number of phenolic OH excluding ortho intramolecular Hbond substituents is 1. The third-order valence-corrected chi connectivity index (χ3v) is 8.62. The highest BCUT2D eigenvalue weighted by molar-refractivity contribution is 6.02. The van der Waals surface area contributed by atoms with Crippen LogP contribution >= 0.6 is 0 Å². The van der Waals surface area contributed by atoms with Gasteiger partial charge in [0.15, 0.2) is 17.6 Å². The molecule has 4 aliphatic heterocycles. The molecule has 5 rings (SSSR count). The Balaban J connectivity index is 1.49. The number of aliphatic hydroxyl groups is 2. The van der Waals surface area contributed by atoms with Gasteiger partial charge in [-0.2, -0.15) is 0 Å². The second-order valence-corrected chi connectivity index (χ2v) is 13.6. The van der Waals surface area contributed by atoms with Gasteiger partial charge in [0, 0.05) is 36.1 Å². The molecule has 0 radical (unpaired) electrons. The van der Waals surface area contributed by atoms with E-state index in [1.54, 1.807) is 12.1 Å². The Labute approximate surface area is 243 Å². The number of aliphatic imine (C=N–C) groups is 2.